The molecule has 0 saturated carbocycles. The molecular formula is C20H32I2O8. The van der Waals surface area contributed by atoms with E-state index in [-0.39, 0.29) is 0 Å². The van der Waals surface area contributed by atoms with Gasteiger partial charge in [-0.15, -0.1) is 0 Å². The highest BCUT2D eigenvalue weighted by molar-refractivity contribution is 14.1. The average molecular weight is 654 g/mol. The number of ether oxygens (including phenoxy) is 8. The van der Waals surface area contributed by atoms with Crippen LogP contribution in [0.15, 0.2) is 12.1 Å². The van der Waals surface area contributed by atoms with Crippen LogP contribution in [0.1, 0.15) is 0 Å². The van der Waals surface area contributed by atoms with Crippen LogP contribution in [-0.4, -0.2) is 93.5 Å². The van der Waals surface area contributed by atoms with Gasteiger partial charge in [-0.2, -0.15) is 0 Å². The van der Waals surface area contributed by atoms with E-state index < -0.39 is 0 Å². The summed E-state index contributed by atoms with van der Waals surface area (Å²) >= 11 is 4.48. The Labute approximate surface area is 206 Å². The summed E-state index contributed by atoms with van der Waals surface area (Å²) in [6.07, 6.45) is 0. The molecule has 174 valence electrons. The van der Waals surface area contributed by atoms with Crippen molar-refractivity contribution in [1.82, 2.24) is 0 Å². The van der Waals surface area contributed by atoms with Crippen LogP contribution in [-0.2, 0) is 28.4 Å². The fraction of sp³-hybridized carbons (Fsp3) is 0.700. The zero-order valence-electron chi connectivity index (χ0n) is 17.7. The second-order valence-electron chi connectivity index (χ2n) is 5.85. The van der Waals surface area contributed by atoms with Gasteiger partial charge in [0.15, 0.2) is 0 Å². The van der Waals surface area contributed by atoms with E-state index in [9.17, 15) is 0 Å². The summed E-state index contributed by atoms with van der Waals surface area (Å²) < 4.78 is 45.1. The molecule has 1 rings (SSSR count). The number of halogens is 2. The van der Waals surface area contributed by atoms with Gasteiger partial charge in [0.2, 0.25) is 0 Å². The summed E-state index contributed by atoms with van der Waals surface area (Å²) in [5.74, 6) is 1.63. The SMILES string of the molecule is COCCOCCOCCOc1cc(I)c(OCCOCCOCCOC)cc1I. The van der Waals surface area contributed by atoms with Crippen LogP contribution in [0.5, 0.6) is 11.5 Å². The topological polar surface area (TPSA) is 73.8 Å². The Morgan fingerprint density at radius 3 is 1.13 bits per heavy atom. The van der Waals surface area contributed by atoms with E-state index in [0.29, 0.717) is 79.3 Å². The molecule has 0 aliphatic carbocycles. The first kappa shape index (κ1) is 28.1. The Balaban J connectivity index is 2.15. The molecule has 0 spiro atoms. The van der Waals surface area contributed by atoms with Crippen molar-refractivity contribution in [2.75, 3.05) is 93.5 Å². The lowest BCUT2D eigenvalue weighted by molar-refractivity contribution is 0.0176. The van der Waals surface area contributed by atoms with Gasteiger partial charge in [-0.25, -0.2) is 0 Å². The van der Waals surface area contributed by atoms with Gasteiger partial charge in [-0.3, -0.25) is 0 Å². The lowest BCUT2D eigenvalue weighted by Crippen LogP contribution is -2.13. The molecule has 30 heavy (non-hydrogen) atoms. The van der Waals surface area contributed by atoms with Crippen molar-refractivity contribution in [1.29, 1.82) is 0 Å². The predicted molar refractivity (Wildman–Crippen MR) is 130 cm³/mol. The molecule has 0 aliphatic rings. The Morgan fingerprint density at radius 2 is 0.800 bits per heavy atom. The summed E-state index contributed by atoms with van der Waals surface area (Å²) in [5, 5.41) is 0. The molecule has 0 unspecified atom stereocenters. The molecule has 0 fully saturated rings. The Morgan fingerprint density at radius 1 is 0.500 bits per heavy atom. The first-order valence-corrected chi connectivity index (χ1v) is 11.9. The molecule has 1 aromatic rings. The molecule has 0 aliphatic heterocycles. The number of methoxy groups -OCH3 is 2. The van der Waals surface area contributed by atoms with Crippen LogP contribution >= 0.6 is 45.2 Å². The normalized spacial score (nSPS) is 11.1. The van der Waals surface area contributed by atoms with Gasteiger partial charge in [0.25, 0.3) is 0 Å². The first-order chi connectivity index (χ1) is 14.7. The van der Waals surface area contributed by atoms with Crippen LogP contribution in [0, 0.1) is 7.14 Å². The van der Waals surface area contributed by atoms with Gasteiger partial charge >= 0.3 is 0 Å². The van der Waals surface area contributed by atoms with E-state index in [1.54, 1.807) is 14.2 Å². The highest BCUT2D eigenvalue weighted by Crippen LogP contribution is 2.31. The smallest absolute Gasteiger partial charge is 0.134 e. The van der Waals surface area contributed by atoms with Crippen molar-refractivity contribution in [3.63, 3.8) is 0 Å². The minimum atomic E-state index is 0.477. The molecule has 0 atom stereocenters. The number of hydrogen-bond donors (Lipinski definition) is 0. The highest BCUT2D eigenvalue weighted by atomic mass is 127. The average Bonchev–Trinajstić information content (AvgIpc) is 2.74. The van der Waals surface area contributed by atoms with Crippen LogP contribution in [0.25, 0.3) is 0 Å². The Hall–Kier alpha value is 0.0400. The van der Waals surface area contributed by atoms with Crippen LogP contribution in [0.4, 0.5) is 0 Å². The maximum Gasteiger partial charge on any atom is 0.134 e. The van der Waals surface area contributed by atoms with Gasteiger partial charge in [0.05, 0.1) is 73.2 Å². The van der Waals surface area contributed by atoms with Crippen molar-refractivity contribution in [2.24, 2.45) is 0 Å². The van der Waals surface area contributed by atoms with E-state index in [1.165, 1.54) is 0 Å². The molecule has 10 heteroatoms. The standard InChI is InChI=1S/C20H32I2O8/c1-23-3-5-25-7-9-27-11-13-29-19-15-18(22)20(16-17(19)21)30-14-12-28-10-8-26-6-4-24-2/h15-16H,3-14H2,1-2H3. The largest absolute Gasteiger partial charge is 0.490 e. The Bertz CT molecular complexity index is 500. The third-order valence-electron chi connectivity index (χ3n) is 3.56. The summed E-state index contributed by atoms with van der Waals surface area (Å²) in [5.41, 5.74) is 0. The van der Waals surface area contributed by atoms with Gasteiger partial charge in [-0.1, -0.05) is 0 Å². The summed E-state index contributed by atoms with van der Waals surface area (Å²) in [6.45, 7) is 6.49. The fourth-order valence-corrected chi connectivity index (χ4v) is 3.27. The molecule has 0 bridgehead atoms. The minimum absolute atomic E-state index is 0.477. The molecule has 0 aromatic heterocycles. The third-order valence-corrected chi connectivity index (χ3v) is 5.25. The van der Waals surface area contributed by atoms with Crippen molar-refractivity contribution in [3.05, 3.63) is 19.3 Å². The molecule has 0 radical (unpaired) electrons. The zero-order chi connectivity index (χ0) is 21.9. The van der Waals surface area contributed by atoms with Gasteiger partial charge < -0.3 is 37.9 Å². The number of rotatable bonds is 20. The molecule has 0 amide bonds. The quantitative estimate of drug-likeness (QED) is 0.157. The highest BCUT2D eigenvalue weighted by Gasteiger charge is 2.09. The Kier molecular flexibility index (Phi) is 18.4. The van der Waals surface area contributed by atoms with Crippen LogP contribution in [0.3, 0.4) is 0 Å². The summed E-state index contributed by atoms with van der Waals surface area (Å²) in [7, 11) is 3.30. The summed E-state index contributed by atoms with van der Waals surface area (Å²) in [6, 6.07) is 3.94. The maximum atomic E-state index is 5.81. The maximum absolute atomic E-state index is 5.81. The number of hydrogen-bond acceptors (Lipinski definition) is 8. The minimum Gasteiger partial charge on any atom is -0.490 e. The molecule has 0 heterocycles. The van der Waals surface area contributed by atoms with Crippen molar-refractivity contribution in [2.45, 2.75) is 0 Å². The second-order valence-corrected chi connectivity index (χ2v) is 8.17. The molecule has 8 nitrogen and oxygen atoms in total. The molecular weight excluding hydrogens is 622 g/mol. The lowest BCUT2D eigenvalue weighted by atomic mass is 10.3. The zero-order valence-corrected chi connectivity index (χ0v) is 22.0. The number of benzene rings is 1. The lowest BCUT2D eigenvalue weighted by Gasteiger charge is -2.13. The van der Waals surface area contributed by atoms with E-state index in [2.05, 4.69) is 45.2 Å². The van der Waals surface area contributed by atoms with Gasteiger partial charge in [0.1, 0.15) is 24.7 Å². The van der Waals surface area contributed by atoms with Crippen molar-refractivity contribution in [3.8, 4) is 11.5 Å². The monoisotopic (exact) mass is 654 g/mol. The van der Waals surface area contributed by atoms with Gasteiger partial charge in [0, 0.05) is 14.2 Å². The first-order valence-electron chi connectivity index (χ1n) is 9.72. The molecule has 0 N–H and O–H groups in total. The molecule has 0 saturated heterocycles. The van der Waals surface area contributed by atoms with Gasteiger partial charge in [-0.05, 0) is 57.3 Å². The van der Waals surface area contributed by atoms with Crippen molar-refractivity contribution >= 4 is 45.2 Å². The van der Waals surface area contributed by atoms with E-state index in [1.807, 2.05) is 12.1 Å². The van der Waals surface area contributed by atoms with E-state index >= 15 is 0 Å². The molecule has 1 aromatic carbocycles. The van der Waals surface area contributed by atoms with E-state index in [4.69, 9.17) is 37.9 Å². The third kappa shape index (κ3) is 14.2. The van der Waals surface area contributed by atoms with Crippen LogP contribution in [0.2, 0.25) is 0 Å². The van der Waals surface area contributed by atoms with E-state index in [0.717, 1.165) is 18.6 Å². The summed E-state index contributed by atoms with van der Waals surface area (Å²) in [4.78, 5) is 0. The predicted octanol–water partition coefficient (Wildman–Crippen LogP) is 3.01. The second kappa shape index (κ2) is 19.7. The fourth-order valence-electron chi connectivity index (χ4n) is 2.08. The van der Waals surface area contributed by atoms with Crippen molar-refractivity contribution < 1.29 is 37.9 Å². The van der Waals surface area contributed by atoms with Crippen LogP contribution < -0.4 is 9.47 Å².